The third-order valence-electron chi connectivity index (χ3n) is 3.38. The second kappa shape index (κ2) is 6.12. The number of nitrogens with one attached hydrogen (secondary N) is 1. The van der Waals surface area contributed by atoms with Gasteiger partial charge >= 0.3 is 0 Å². The van der Waals surface area contributed by atoms with Gasteiger partial charge in [-0.1, -0.05) is 19.3 Å². The Morgan fingerprint density at radius 2 is 2.18 bits per heavy atom. The van der Waals surface area contributed by atoms with E-state index in [1.54, 1.807) is 0 Å². The first-order chi connectivity index (χ1) is 8.35. The molecule has 0 aromatic carbocycles. The Hall–Kier alpha value is -0.940. The van der Waals surface area contributed by atoms with Crippen LogP contribution in [0.15, 0.2) is 0 Å². The van der Waals surface area contributed by atoms with Crippen molar-refractivity contribution in [3.63, 3.8) is 0 Å². The zero-order valence-corrected chi connectivity index (χ0v) is 10.4. The van der Waals surface area contributed by atoms with Crippen LogP contribution >= 0.6 is 0 Å². The van der Waals surface area contributed by atoms with Crippen molar-refractivity contribution in [1.82, 2.24) is 15.2 Å². The van der Waals surface area contributed by atoms with E-state index in [0.717, 1.165) is 0 Å². The summed E-state index contributed by atoms with van der Waals surface area (Å²) in [6.07, 6.45) is 6.22. The summed E-state index contributed by atoms with van der Waals surface area (Å²) in [7, 11) is 0. The maximum Gasteiger partial charge on any atom is 0.179 e. The smallest absolute Gasteiger partial charge is 0.179 e. The zero-order valence-electron chi connectivity index (χ0n) is 10.4. The Morgan fingerprint density at radius 3 is 2.76 bits per heavy atom. The van der Waals surface area contributed by atoms with Gasteiger partial charge in [-0.2, -0.15) is 5.10 Å². The monoisotopic (exact) mass is 239 g/mol. The van der Waals surface area contributed by atoms with E-state index >= 15 is 0 Å². The first-order valence-corrected chi connectivity index (χ1v) is 6.48. The van der Waals surface area contributed by atoms with Crippen LogP contribution < -0.4 is 0 Å². The Morgan fingerprint density at radius 1 is 1.41 bits per heavy atom. The summed E-state index contributed by atoms with van der Waals surface area (Å²) in [5.41, 5.74) is 0. The van der Waals surface area contributed by atoms with Crippen LogP contribution in [0.4, 0.5) is 0 Å². The average Bonchev–Trinajstić information content (AvgIpc) is 2.85. The number of hydrogen-bond acceptors (Lipinski definition) is 4. The number of aromatic amines is 1. The lowest BCUT2D eigenvalue weighted by atomic mass is 9.85. The molecule has 96 valence electrons. The van der Waals surface area contributed by atoms with E-state index in [1.165, 1.54) is 32.1 Å². The number of H-pyrrole nitrogens is 1. The van der Waals surface area contributed by atoms with Crippen LogP contribution in [0.25, 0.3) is 0 Å². The zero-order chi connectivity index (χ0) is 12.1. The molecule has 0 spiro atoms. The Kier molecular flexibility index (Phi) is 4.50. The van der Waals surface area contributed by atoms with E-state index in [0.29, 0.717) is 24.2 Å². The summed E-state index contributed by atoms with van der Waals surface area (Å²) in [6, 6.07) is 0. The number of ether oxygens (including phenoxy) is 1. The summed E-state index contributed by atoms with van der Waals surface area (Å²) in [6.45, 7) is 2.57. The third kappa shape index (κ3) is 3.04. The van der Waals surface area contributed by atoms with E-state index in [1.807, 2.05) is 6.92 Å². The molecule has 1 aliphatic rings. The van der Waals surface area contributed by atoms with Gasteiger partial charge in [0.25, 0.3) is 0 Å². The number of rotatable bonds is 5. The van der Waals surface area contributed by atoms with Crippen molar-refractivity contribution in [3.05, 3.63) is 11.6 Å². The van der Waals surface area contributed by atoms with E-state index in [9.17, 15) is 0 Å². The van der Waals surface area contributed by atoms with Crippen molar-refractivity contribution in [2.45, 2.75) is 51.7 Å². The van der Waals surface area contributed by atoms with Crippen LogP contribution in [-0.2, 0) is 11.3 Å². The molecule has 0 amide bonds. The van der Waals surface area contributed by atoms with Crippen LogP contribution in [0, 0.1) is 5.92 Å². The normalized spacial score (nSPS) is 19.4. The molecule has 1 atom stereocenters. The predicted molar refractivity (Wildman–Crippen MR) is 63.2 cm³/mol. The minimum Gasteiger partial charge on any atom is -0.388 e. The fourth-order valence-corrected chi connectivity index (χ4v) is 2.55. The lowest BCUT2D eigenvalue weighted by Crippen LogP contribution is -2.20. The molecule has 17 heavy (non-hydrogen) atoms. The lowest BCUT2D eigenvalue weighted by Gasteiger charge is -2.28. The minimum absolute atomic E-state index is 0.0168. The first-order valence-electron chi connectivity index (χ1n) is 6.48. The van der Waals surface area contributed by atoms with Gasteiger partial charge in [0.15, 0.2) is 5.82 Å². The summed E-state index contributed by atoms with van der Waals surface area (Å²) in [4.78, 5) is 4.28. The van der Waals surface area contributed by atoms with Crippen LogP contribution in [-0.4, -0.2) is 26.9 Å². The van der Waals surface area contributed by atoms with E-state index < -0.39 is 0 Å². The maximum absolute atomic E-state index is 9.00. The molecular weight excluding hydrogens is 218 g/mol. The number of aromatic nitrogens is 3. The molecule has 2 rings (SSSR count). The number of aliphatic hydroxyl groups excluding tert-OH is 1. The fraction of sp³-hybridized carbons (Fsp3) is 0.833. The highest BCUT2D eigenvalue weighted by molar-refractivity contribution is 4.96. The van der Waals surface area contributed by atoms with Gasteiger partial charge in [-0.25, -0.2) is 4.98 Å². The van der Waals surface area contributed by atoms with Gasteiger partial charge in [0.1, 0.15) is 18.5 Å². The Balaban J connectivity index is 2.09. The van der Waals surface area contributed by atoms with Gasteiger partial charge in [0.05, 0.1) is 0 Å². The number of hydrogen-bond donors (Lipinski definition) is 2. The third-order valence-corrected chi connectivity index (χ3v) is 3.38. The predicted octanol–water partition coefficient (Wildman–Crippen LogP) is 1.95. The number of aliphatic hydroxyl groups is 1. The van der Waals surface area contributed by atoms with Crippen LogP contribution in [0.5, 0.6) is 0 Å². The molecule has 2 N–H and O–H groups in total. The molecule has 5 nitrogen and oxygen atoms in total. The van der Waals surface area contributed by atoms with E-state index in [2.05, 4.69) is 15.2 Å². The average molecular weight is 239 g/mol. The fourth-order valence-electron chi connectivity index (χ4n) is 2.55. The van der Waals surface area contributed by atoms with Crippen molar-refractivity contribution < 1.29 is 9.84 Å². The lowest BCUT2D eigenvalue weighted by molar-refractivity contribution is -0.0000290. The molecule has 0 aliphatic heterocycles. The molecule has 1 heterocycles. The highest BCUT2D eigenvalue weighted by Crippen LogP contribution is 2.35. The van der Waals surface area contributed by atoms with Crippen LogP contribution in [0.1, 0.15) is 56.8 Å². The van der Waals surface area contributed by atoms with Gasteiger partial charge in [-0.15, -0.1) is 0 Å². The number of nitrogens with zero attached hydrogens (tertiary/aromatic N) is 2. The molecule has 1 fully saturated rings. The molecule has 1 aromatic rings. The van der Waals surface area contributed by atoms with Gasteiger partial charge in [-0.05, 0) is 25.7 Å². The summed E-state index contributed by atoms with van der Waals surface area (Å²) < 4.78 is 5.80. The SMILES string of the molecule is CCOC(c1n[nH]c(CO)n1)C1CCCCC1. The quantitative estimate of drug-likeness (QED) is 0.824. The molecule has 1 aliphatic carbocycles. The molecule has 1 unspecified atom stereocenters. The van der Waals surface area contributed by atoms with Gasteiger partial charge in [0.2, 0.25) is 0 Å². The van der Waals surface area contributed by atoms with Crippen molar-refractivity contribution in [1.29, 1.82) is 0 Å². The van der Waals surface area contributed by atoms with E-state index in [-0.39, 0.29) is 12.7 Å². The molecule has 0 saturated heterocycles. The second-order valence-corrected chi connectivity index (χ2v) is 4.57. The highest BCUT2D eigenvalue weighted by atomic mass is 16.5. The largest absolute Gasteiger partial charge is 0.388 e. The van der Waals surface area contributed by atoms with Gasteiger partial charge < -0.3 is 9.84 Å². The molecule has 5 heteroatoms. The van der Waals surface area contributed by atoms with Crippen molar-refractivity contribution in [3.8, 4) is 0 Å². The van der Waals surface area contributed by atoms with Gasteiger partial charge in [0, 0.05) is 6.61 Å². The van der Waals surface area contributed by atoms with Gasteiger partial charge in [-0.3, -0.25) is 5.10 Å². The first kappa shape index (κ1) is 12.5. The highest BCUT2D eigenvalue weighted by Gasteiger charge is 2.28. The maximum atomic E-state index is 9.00. The minimum atomic E-state index is -0.101. The van der Waals surface area contributed by atoms with Crippen LogP contribution in [0.3, 0.4) is 0 Å². The Labute approximate surface area is 102 Å². The van der Waals surface area contributed by atoms with Crippen LogP contribution in [0.2, 0.25) is 0 Å². The van der Waals surface area contributed by atoms with Crippen molar-refractivity contribution >= 4 is 0 Å². The summed E-state index contributed by atoms with van der Waals surface area (Å²) in [5, 5.41) is 15.9. The van der Waals surface area contributed by atoms with Crippen molar-refractivity contribution in [2.75, 3.05) is 6.61 Å². The molecule has 0 radical (unpaired) electrons. The summed E-state index contributed by atoms with van der Waals surface area (Å²) >= 11 is 0. The van der Waals surface area contributed by atoms with E-state index in [4.69, 9.17) is 9.84 Å². The standard InChI is InChI=1S/C12H21N3O2/c1-2-17-11(9-6-4-3-5-7-9)12-13-10(8-16)14-15-12/h9,11,16H,2-8H2,1H3,(H,13,14,15). The Bertz CT molecular complexity index is 334. The second-order valence-electron chi connectivity index (χ2n) is 4.57. The van der Waals surface area contributed by atoms with Crippen molar-refractivity contribution in [2.24, 2.45) is 5.92 Å². The molecule has 1 aromatic heterocycles. The molecule has 1 saturated carbocycles. The molecule has 0 bridgehead atoms. The molecular formula is C12H21N3O2. The summed E-state index contributed by atoms with van der Waals surface area (Å²) in [5.74, 6) is 1.73. The topological polar surface area (TPSA) is 71.0 Å².